The Morgan fingerprint density at radius 3 is 2.26 bits per heavy atom. The summed E-state index contributed by atoms with van der Waals surface area (Å²) in [6, 6.07) is 30.0. The maximum Gasteiger partial charge on any atom is 0.241 e. The van der Waals surface area contributed by atoms with Crippen molar-refractivity contribution in [2.45, 2.75) is 37.2 Å². The summed E-state index contributed by atoms with van der Waals surface area (Å²) in [7, 11) is -3.64. The van der Waals surface area contributed by atoms with Crippen molar-refractivity contribution in [2.75, 3.05) is 0 Å². The molecule has 0 fully saturated rings. The molecule has 5 nitrogen and oxygen atoms in total. The fourth-order valence-corrected chi connectivity index (χ4v) is 5.16. The first-order valence-electron chi connectivity index (χ1n) is 11.3. The molecule has 2 N–H and O–H groups in total. The molecule has 0 aromatic heterocycles. The maximum atomic E-state index is 12.7. The Morgan fingerprint density at radius 1 is 0.824 bits per heavy atom. The third-order valence-electron chi connectivity index (χ3n) is 5.86. The molecule has 174 valence electrons. The average Bonchev–Trinajstić information content (AvgIpc) is 2.86. The first-order valence-corrected chi connectivity index (χ1v) is 12.8. The number of benzene rings is 4. The van der Waals surface area contributed by atoms with E-state index in [4.69, 9.17) is 0 Å². The zero-order valence-electron chi connectivity index (χ0n) is 19.1. The van der Waals surface area contributed by atoms with Crippen LogP contribution >= 0.6 is 0 Å². The molecule has 4 aromatic carbocycles. The van der Waals surface area contributed by atoms with Crippen molar-refractivity contribution >= 4 is 26.7 Å². The van der Waals surface area contributed by atoms with E-state index in [1.165, 1.54) is 0 Å². The van der Waals surface area contributed by atoms with Crippen LogP contribution in [0.25, 0.3) is 10.8 Å². The topological polar surface area (TPSA) is 75.3 Å². The Balaban J connectivity index is 1.30. The number of sulfonamides is 1. The molecule has 4 aromatic rings. The highest BCUT2D eigenvalue weighted by Crippen LogP contribution is 2.19. The highest BCUT2D eigenvalue weighted by Gasteiger charge is 2.18. The second-order valence-corrected chi connectivity index (χ2v) is 10.0. The van der Waals surface area contributed by atoms with Crippen molar-refractivity contribution in [3.8, 4) is 0 Å². The van der Waals surface area contributed by atoms with Crippen LogP contribution in [0.5, 0.6) is 0 Å². The minimum atomic E-state index is -3.64. The predicted molar refractivity (Wildman–Crippen MR) is 136 cm³/mol. The van der Waals surface area contributed by atoms with Gasteiger partial charge in [-0.15, -0.1) is 0 Å². The van der Waals surface area contributed by atoms with E-state index >= 15 is 0 Å². The van der Waals surface area contributed by atoms with E-state index in [9.17, 15) is 13.2 Å². The van der Waals surface area contributed by atoms with Crippen LogP contribution in [0.4, 0.5) is 0 Å². The zero-order valence-corrected chi connectivity index (χ0v) is 19.9. The van der Waals surface area contributed by atoms with Gasteiger partial charge >= 0.3 is 0 Å². The molecule has 0 bridgehead atoms. The maximum absolute atomic E-state index is 12.7. The lowest BCUT2D eigenvalue weighted by Crippen LogP contribution is -2.26. The second-order valence-electron chi connectivity index (χ2n) is 8.31. The molecule has 0 saturated heterocycles. The number of hydrogen-bond donors (Lipinski definition) is 2. The number of nitrogens with one attached hydrogen (secondary N) is 2. The van der Waals surface area contributed by atoms with Crippen molar-refractivity contribution in [3.63, 3.8) is 0 Å². The lowest BCUT2D eigenvalue weighted by atomic mass is 10.0. The van der Waals surface area contributed by atoms with Gasteiger partial charge in [-0.25, -0.2) is 13.1 Å². The van der Waals surface area contributed by atoms with Crippen molar-refractivity contribution in [3.05, 3.63) is 114 Å². The molecule has 4 rings (SSSR count). The van der Waals surface area contributed by atoms with E-state index in [0.717, 1.165) is 27.5 Å². The lowest BCUT2D eigenvalue weighted by Gasteiger charge is -2.15. The second kappa shape index (κ2) is 10.6. The van der Waals surface area contributed by atoms with Gasteiger partial charge in [-0.3, -0.25) is 4.79 Å². The molecule has 0 aliphatic heterocycles. The van der Waals surface area contributed by atoms with Crippen LogP contribution in [-0.4, -0.2) is 14.3 Å². The standard InChI is InChI=1S/C28H28N2O3S/c1-21(23-8-3-2-4-9-23)30-34(32,33)26-17-14-22(15-18-26)16-19-28(31)29-20-25-12-7-11-24-10-5-6-13-27(24)25/h2-15,17-18,21,30H,16,19-20H2,1H3,(H,29,31)/t21-/m0/s1. The number of hydrogen-bond acceptors (Lipinski definition) is 3. The van der Waals surface area contributed by atoms with Gasteiger partial charge < -0.3 is 5.32 Å². The van der Waals surface area contributed by atoms with Gasteiger partial charge in [0.15, 0.2) is 0 Å². The Labute approximate surface area is 200 Å². The summed E-state index contributed by atoms with van der Waals surface area (Å²) in [5.41, 5.74) is 2.89. The molecule has 0 aliphatic rings. The lowest BCUT2D eigenvalue weighted by molar-refractivity contribution is -0.121. The number of aryl methyl sites for hydroxylation is 1. The highest BCUT2D eigenvalue weighted by atomic mass is 32.2. The molecule has 0 saturated carbocycles. The van der Waals surface area contributed by atoms with Crippen LogP contribution in [0.1, 0.15) is 36.1 Å². The summed E-state index contributed by atoms with van der Waals surface area (Å²) in [5, 5.41) is 5.28. The van der Waals surface area contributed by atoms with Gasteiger partial charge in [0.25, 0.3) is 0 Å². The fourth-order valence-electron chi connectivity index (χ4n) is 3.93. The van der Waals surface area contributed by atoms with Gasteiger partial charge in [-0.05, 0) is 52.9 Å². The van der Waals surface area contributed by atoms with Gasteiger partial charge in [0.1, 0.15) is 0 Å². The van der Waals surface area contributed by atoms with Crippen LogP contribution in [0.2, 0.25) is 0 Å². The minimum Gasteiger partial charge on any atom is -0.352 e. The summed E-state index contributed by atoms with van der Waals surface area (Å²) in [6.07, 6.45) is 0.871. The van der Waals surface area contributed by atoms with E-state index in [1.807, 2.05) is 61.5 Å². The van der Waals surface area contributed by atoms with Crippen LogP contribution < -0.4 is 10.0 Å². The number of carbonyl (C=O) groups excluding carboxylic acids is 1. The van der Waals surface area contributed by atoms with Gasteiger partial charge in [0.05, 0.1) is 4.90 Å². The molecule has 1 atom stereocenters. The van der Waals surface area contributed by atoms with E-state index in [1.54, 1.807) is 24.3 Å². The van der Waals surface area contributed by atoms with Crippen molar-refractivity contribution in [1.82, 2.24) is 10.0 Å². The van der Waals surface area contributed by atoms with Crippen molar-refractivity contribution in [1.29, 1.82) is 0 Å². The molecule has 0 aliphatic carbocycles. The van der Waals surface area contributed by atoms with E-state index in [-0.39, 0.29) is 16.8 Å². The van der Waals surface area contributed by atoms with Gasteiger partial charge in [-0.2, -0.15) is 0 Å². The SMILES string of the molecule is C[C@H](NS(=O)(=O)c1ccc(CCC(=O)NCc2cccc3ccccc23)cc1)c1ccccc1. The quantitative estimate of drug-likeness (QED) is 0.355. The summed E-state index contributed by atoms with van der Waals surface area (Å²) in [6.45, 7) is 2.29. The largest absolute Gasteiger partial charge is 0.352 e. The summed E-state index contributed by atoms with van der Waals surface area (Å²) in [4.78, 5) is 12.6. The Kier molecular flexibility index (Phi) is 7.40. The van der Waals surface area contributed by atoms with Crippen LogP contribution in [0, 0.1) is 0 Å². The zero-order chi connectivity index (χ0) is 24.0. The van der Waals surface area contributed by atoms with Crippen LogP contribution in [0.3, 0.4) is 0 Å². The third kappa shape index (κ3) is 5.90. The van der Waals surface area contributed by atoms with E-state index < -0.39 is 10.0 Å². The van der Waals surface area contributed by atoms with E-state index in [0.29, 0.717) is 19.4 Å². The van der Waals surface area contributed by atoms with Gasteiger partial charge in [0, 0.05) is 19.0 Å². The normalized spacial score (nSPS) is 12.4. The van der Waals surface area contributed by atoms with Gasteiger partial charge in [-0.1, -0.05) is 84.9 Å². The Morgan fingerprint density at radius 2 is 1.50 bits per heavy atom. The number of amides is 1. The first-order chi connectivity index (χ1) is 16.4. The number of fused-ring (bicyclic) bond motifs is 1. The minimum absolute atomic E-state index is 0.0389. The molecule has 0 unspecified atom stereocenters. The molecule has 0 radical (unpaired) electrons. The predicted octanol–water partition coefficient (Wildman–Crippen LogP) is 5.13. The molecule has 0 spiro atoms. The average molecular weight is 473 g/mol. The summed E-state index contributed by atoms with van der Waals surface area (Å²) < 4.78 is 28.2. The monoisotopic (exact) mass is 472 g/mol. The molecule has 6 heteroatoms. The number of rotatable bonds is 9. The van der Waals surface area contributed by atoms with Gasteiger partial charge in [0.2, 0.25) is 15.9 Å². The molecule has 0 heterocycles. The molecule has 1 amide bonds. The van der Waals surface area contributed by atoms with Crippen molar-refractivity contribution in [2.24, 2.45) is 0 Å². The van der Waals surface area contributed by atoms with Crippen LogP contribution in [-0.2, 0) is 27.8 Å². The Bertz CT molecular complexity index is 1360. The third-order valence-corrected chi connectivity index (χ3v) is 7.42. The molecular formula is C28H28N2O3S. The van der Waals surface area contributed by atoms with Crippen molar-refractivity contribution < 1.29 is 13.2 Å². The Hall–Kier alpha value is -3.48. The molecular weight excluding hydrogens is 444 g/mol. The summed E-state index contributed by atoms with van der Waals surface area (Å²) >= 11 is 0. The summed E-state index contributed by atoms with van der Waals surface area (Å²) in [5.74, 6) is -0.0389. The van der Waals surface area contributed by atoms with E-state index in [2.05, 4.69) is 28.2 Å². The first kappa shape index (κ1) is 23.7. The smallest absolute Gasteiger partial charge is 0.241 e. The number of carbonyl (C=O) groups is 1. The highest BCUT2D eigenvalue weighted by molar-refractivity contribution is 7.89. The fraction of sp³-hybridized carbons (Fsp3) is 0.179. The molecule has 34 heavy (non-hydrogen) atoms. The van der Waals surface area contributed by atoms with Crippen LogP contribution in [0.15, 0.2) is 102 Å².